The van der Waals surface area contributed by atoms with E-state index in [1.54, 1.807) is 0 Å². The smallest absolute Gasteiger partial charge is 0.240 e. The minimum absolute atomic E-state index is 0.349. The van der Waals surface area contributed by atoms with Gasteiger partial charge < -0.3 is 14.6 Å². The summed E-state index contributed by atoms with van der Waals surface area (Å²) in [7, 11) is 0. The molecule has 0 spiro atoms. The lowest BCUT2D eigenvalue weighted by Crippen LogP contribution is -2.38. The Morgan fingerprint density at radius 3 is 2.50 bits per heavy atom. The van der Waals surface area contributed by atoms with Crippen LogP contribution < -0.4 is 5.32 Å². The Balaban J connectivity index is 2.14. The van der Waals surface area contributed by atoms with Gasteiger partial charge in [0.1, 0.15) is 5.60 Å². The first-order chi connectivity index (χ1) is 9.51. The summed E-state index contributed by atoms with van der Waals surface area (Å²) < 4.78 is 11.4. The second-order valence-electron chi connectivity index (χ2n) is 6.38. The van der Waals surface area contributed by atoms with Crippen LogP contribution in [-0.4, -0.2) is 23.3 Å². The van der Waals surface area contributed by atoms with Crippen LogP contribution in [0.15, 0.2) is 4.52 Å². The summed E-state index contributed by atoms with van der Waals surface area (Å²) in [5.41, 5.74) is 0.0369. The highest BCUT2D eigenvalue weighted by atomic mass is 16.5. The Hall–Kier alpha value is -0.940. The van der Waals surface area contributed by atoms with Gasteiger partial charge in [0, 0.05) is 6.61 Å². The highest BCUT2D eigenvalue weighted by Gasteiger charge is 2.43. The molecule has 1 aliphatic rings. The summed E-state index contributed by atoms with van der Waals surface area (Å²) in [6, 6.07) is 0. The van der Waals surface area contributed by atoms with Crippen LogP contribution in [0.1, 0.15) is 65.1 Å². The van der Waals surface area contributed by atoms with E-state index in [4.69, 9.17) is 9.26 Å². The SMILES string of the molecule is CCNCc1nc(C2(OCC)CCC(C)(C)CC2)no1. The summed E-state index contributed by atoms with van der Waals surface area (Å²) in [5, 5.41) is 7.38. The number of hydrogen-bond acceptors (Lipinski definition) is 5. The maximum atomic E-state index is 6.06. The molecule has 1 N–H and O–H groups in total. The number of hydrogen-bond donors (Lipinski definition) is 1. The van der Waals surface area contributed by atoms with Crippen molar-refractivity contribution in [1.29, 1.82) is 0 Å². The zero-order valence-electron chi connectivity index (χ0n) is 13.2. The van der Waals surface area contributed by atoms with Crippen LogP contribution in [0.2, 0.25) is 0 Å². The van der Waals surface area contributed by atoms with E-state index >= 15 is 0 Å². The van der Waals surface area contributed by atoms with Crippen molar-refractivity contribution in [2.45, 2.75) is 65.5 Å². The van der Waals surface area contributed by atoms with E-state index in [9.17, 15) is 0 Å². The van der Waals surface area contributed by atoms with Crippen molar-refractivity contribution in [3.05, 3.63) is 11.7 Å². The molecule has 1 aliphatic carbocycles. The molecule has 1 aromatic rings. The quantitative estimate of drug-likeness (QED) is 0.868. The largest absolute Gasteiger partial charge is 0.367 e. The van der Waals surface area contributed by atoms with Crippen LogP contribution in [0.5, 0.6) is 0 Å². The molecule has 1 heterocycles. The van der Waals surface area contributed by atoms with Crippen LogP contribution in [-0.2, 0) is 16.9 Å². The van der Waals surface area contributed by atoms with Crippen molar-refractivity contribution in [2.24, 2.45) is 5.41 Å². The van der Waals surface area contributed by atoms with Gasteiger partial charge in [-0.2, -0.15) is 4.98 Å². The molecule has 0 bridgehead atoms. The van der Waals surface area contributed by atoms with Gasteiger partial charge >= 0.3 is 0 Å². The van der Waals surface area contributed by atoms with Crippen LogP contribution in [0.4, 0.5) is 0 Å². The van der Waals surface area contributed by atoms with Crippen molar-refractivity contribution in [3.8, 4) is 0 Å². The standard InChI is InChI=1S/C15H27N3O2/c1-5-16-11-12-17-13(18-20-12)15(19-6-2)9-7-14(3,4)8-10-15/h16H,5-11H2,1-4H3. The molecule has 5 nitrogen and oxygen atoms in total. The van der Waals surface area contributed by atoms with Gasteiger partial charge in [-0.05, 0) is 44.6 Å². The molecule has 0 aromatic carbocycles. The minimum Gasteiger partial charge on any atom is -0.367 e. The van der Waals surface area contributed by atoms with Gasteiger partial charge in [0.15, 0.2) is 0 Å². The van der Waals surface area contributed by atoms with E-state index in [0.29, 0.717) is 24.5 Å². The lowest BCUT2D eigenvalue weighted by atomic mass is 9.70. The van der Waals surface area contributed by atoms with Gasteiger partial charge in [0.25, 0.3) is 0 Å². The van der Waals surface area contributed by atoms with Crippen LogP contribution >= 0.6 is 0 Å². The highest BCUT2D eigenvalue weighted by Crippen LogP contribution is 2.46. The number of nitrogens with one attached hydrogen (secondary N) is 1. The third-order valence-electron chi connectivity index (χ3n) is 4.23. The molecule has 0 atom stereocenters. The van der Waals surface area contributed by atoms with Crippen molar-refractivity contribution >= 4 is 0 Å². The lowest BCUT2D eigenvalue weighted by molar-refractivity contribution is -0.0957. The fourth-order valence-corrected chi connectivity index (χ4v) is 2.78. The number of rotatable bonds is 6. The Morgan fingerprint density at radius 1 is 1.20 bits per heavy atom. The molecule has 0 unspecified atom stereocenters. The fraction of sp³-hybridized carbons (Fsp3) is 0.867. The molecule has 5 heteroatoms. The Bertz CT molecular complexity index is 419. The molecule has 1 saturated carbocycles. The van der Waals surface area contributed by atoms with Crippen LogP contribution in [0.25, 0.3) is 0 Å². The molecular formula is C15H27N3O2. The van der Waals surface area contributed by atoms with E-state index < -0.39 is 0 Å². The third-order valence-corrected chi connectivity index (χ3v) is 4.23. The molecule has 1 aromatic heterocycles. The minimum atomic E-state index is -0.349. The van der Waals surface area contributed by atoms with E-state index in [1.807, 2.05) is 6.92 Å². The first kappa shape index (κ1) is 15.4. The zero-order chi connectivity index (χ0) is 14.6. The van der Waals surface area contributed by atoms with E-state index in [-0.39, 0.29) is 5.60 Å². The number of ether oxygens (including phenoxy) is 1. The molecular weight excluding hydrogens is 254 g/mol. The molecule has 0 aliphatic heterocycles. The monoisotopic (exact) mass is 281 g/mol. The van der Waals surface area contributed by atoms with Gasteiger partial charge in [0.2, 0.25) is 11.7 Å². The van der Waals surface area contributed by atoms with E-state index in [0.717, 1.165) is 38.1 Å². The average molecular weight is 281 g/mol. The van der Waals surface area contributed by atoms with Gasteiger partial charge in [-0.15, -0.1) is 0 Å². The second-order valence-corrected chi connectivity index (χ2v) is 6.38. The fourth-order valence-electron chi connectivity index (χ4n) is 2.78. The molecule has 1 fully saturated rings. The highest BCUT2D eigenvalue weighted by molar-refractivity contribution is 5.05. The van der Waals surface area contributed by atoms with E-state index in [1.165, 1.54) is 0 Å². The number of aromatic nitrogens is 2. The summed E-state index contributed by atoms with van der Waals surface area (Å²) >= 11 is 0. The van der Waals surface area contributed by atoms with Crippen LogP contribution in [0.3, 0.4) is 0 Å². The molecule has 20 heavy (non-hydrogen) atoms. The molecule has 0 radical (unpaired) electrons. The predicted molar refractivity (Wildman–Crippen MR) is 77.2 cm³/mol. The number of nitrogens with zero attached hydrogens (tertiary/aromatic N) is 2. The van der Waals surface area contributed by atoms with Crippen molar-refractivity contribution < 1.29 is 9.26 Å². The summed E-state index contributed by atoms with van der Waals surface area (Å²) in [4.78, 5) is 4.54. The first-order valence-corrected chi connectivity index (χ1v) is 7.69. The molecule has 0 amide bonds. The predicted octanol–water partition coefficient (Wildman–Crippen LogP) is 3.01. The Labute approximate surface area is 121 Å². The summed E-state index contributed by atoms with van der Waals surface area (Å²) in [6.07, 6.45) is 4.19. The average Bonchev–Trinajstić information content (AvgIpc) is 2.89. The molecule has 2 rings (SSSR count). The van der Waals surface area contributed by atoms with Crippen LogP contribution in [0, 0.1) is 5.41 Å². The van der Waals surface area contributed by atoms with Gasteiger partial charge in [-0.25, -0.2) is 0 Å². The van der Waals surface area contributed by atoms with E-state index in [2.05, 4.69) is 36.2 Å². The third kappa shape index (κ3) is 3.38. The lowest BCUT2D eigenvalue weighted by Gasteiger charge is -2.41. The molecule has 0 saturated heterocycles. The Kier molecular flexibility index (Phi) is 4.81. The van der Waals surface area contributed by atoms with Gasteiger partial charge in [-0.1, -0.05) is 25.9 Å². The van der Waals surface area contributed by atoms with Crippen molar-refractivity contribution in [2.75, 3.05) is 13.2 Å². The topological polar surface area (TPSA) is 60.2 Å². The van der Waals surface area contributed by atoms with Gasteiger partial charge in [-0.3, -0.25) is 0 Å². The first-order valence-electron chi connectivity index (χ1n) is 7.69. The summed E-state index contributed by atoms with van der Waals surface area (Å²) in [6.45, 7) is 10.9. The maximum absolute atomic E-state index is 6.06. The molecule has 114 valence electrons. The van der Waals surface area contributed by atoms with Crippen molar-refractivity contribution in [3.63, 3.8) is 0 Å². The maximum Gasteiger partial charge on any atom is 0.240 e. The Morgan fingerprint density at radius 2 is 1.90 bits per heavy atom. The van der Waals surface area contributed by atoms with Crippen molar-refractivity contribution in [1.82, 2.24) is 15.5 Å². The normalized spacial score (nSPS) is 21.0. The van der Waals surface area contributed by atoms with Gasteiger partial charge in [0.05, 0.1) is 6.54 Å². The zero-order valence-corrected chi connectivity index (χ0v) is 13.2. The second kappa shape index (κ2) is 6.22. The summed E-state index contributed by atoms with van der Waals surface area (Å²) in [5.74, 6) is 1.37.